The van der Waals surface area contributed by atoms with E-state index in [4.69, 9.17) is 0 Å². The van der Waals surface area contributed by atoms with Crippen LogP contribution in [0.25, 0.3) is 0 Å². The van der Waals surface area contributed by atoms with Gasteiger partial charge >= 0.3 is 5.97 Å². The Kier molecular flexibility index (Phi) is 5.64. The number of hydrogen-bond acceptors (Lipinski definition) is 1. The standard InChI is InChI=1S/C44H54O2/c45-40(46)16-39-43(37-5-1-35(2-6-37)41-17-27-9-28(18-41)11-29(10-27)19-41)23-33-15-34(24-43)26-44(39,25-33)38-7-3-36(4-8-38)42-20-30-12-31(21-42)14-32(13-30)22-42/h1-8,27-34,39H,9-26H2,(H,45,46). The first-order valence-corrected chi connectivity index (χ1v) is 19.7. The molecule has 0 atom stereocenters. The number of rotatable bonds is 6. The molecule has 2 aromatic carbocycles. The molecule has 12 bridgehead atoms. The summed E-state index contributed by atoms with van der Waals surface area (Å²) in [4.78, 5) is 12.8. The van der Waals surface area contributed by atoms with E-state index in [2.05, 4.69) is 48.5 Å². The largest absolute Gasteiger partial charge is 0.481 e. The number of carboxylic acid groups (broad SMARTS) is 1. The van der Waals surface area contributed by atoms with E-state index in [0.29, 0.717) is 17.3 Å². The van der Waals surface area contributed by atoms with E-state index in [0.717, 1.165) is 47.3 Å². The molecule has 242 valence electrons. The molecule has 12 aliphatic carbocycles. The van der Waals surface area contributed by atoms with Crippen molar-refractivity contribution in [2.45, 2.75) is 137 Å². The van der Waals surface area contributed by atoms with Crippen LogP contribution in [-0.4, -0.2) is 11.1 Å². The first kappa shape index (κ1) is 27.8. The van der Waals surface area contributed by atoms with Crippen LogP contribution in [0.1, 0.15) is 138 Å². The fraction of sp³-hybridized carbons (Fsp3) is 0.705. The predicted molar refractivity (Wildman–Crippen MR) is 182 cm³/mol. The van der Waals surface area contributed by atoms with Gasteiger partial charge in [0.15, 0.2) is 0 Å². The van der Waals surface area contributed by atoms with Crippen molar-refractivity contribution in [2.75, 3.05) is 0 Å². The van der Waals surface area contributed by atoms with Crippen LogP contribution in [0, 0.1) is 53.3 Å². The summed E-state index contributed by atoms with van der Waals surface area (Å²) in [5, 5.41) is 10.5. The van der Waals surface area contributed by atoms with Gasteiger partial charge < -0.3 is 5.11 Å². The lowest BCUT2D eigenvalue weighted by Gasteiger charge is -2.67. The number of carboxylic acids is 1. The third-order valence-corrected chi connectivity index (χ3v) is 17.2. The Labute approximate surface area is 276 Å². The lowest BCUT2D eigenvalue weighted by molar-refractivity contribution is -0.146. The van der Waals surface area contributed by atoms with E-state index in [1.165, 1.54) is 120 Å². The summed E-state index contributed by atoms with van der Waals surface area (Å²) in [6, 6.07) is 20.3. The molecule has 0 spiro atoms. The fourth-order valence-electron chi connectivity index (χ4n) is 17.0. The Morgan fingerprint density at radius 3 is 1.04 bits per heavy atom. The van der Waals surface area contributed by atoms with Crippen molar-refractivity contribution < 1.29 is 9.90 Å². The van der Waals surface area contributed by atoms with Crippen molar-refractivity contribution in [3.05, 3.63) is 70.8 Å². The molecule has 12 fully saturated rings. The lowest BCUT2D eigenvalue weighted by atomic mass is 9.36. The highest BCUT2D eigenvalue weighted by Gasteiger charge is 2.65. The minimum atomic E-state index is -0.591. The van der Waals surface area contributed by atoms with Gasteiger partial charge in [-0.25, -0.2) is 0 Å². The van der Waals surface area contributed by atoms with E-state index in [1.807, 2.05) is 0 Å². The maximum absolute atomic E-state index is 12.8. The maximum Gasteiger partial charge on any atom is 0.303 e. The fourth-order valence-corrected chi connectivity index (χ4v) is 17.0. The van der Waals surface area contributed by atoms with Crippen molar-refractivity contribution in [3.8, 4) is 0 Å². The van der Waals surface area contributed by atoms with Crippen molar-refractivity contribution in [1.82, 2.24) is 0 Å². The molecule has 0 saturated heterocycles. The molecule has 12 aliphatic rings. The van der Waals surface area contributed by atoms with Crippen LogP contribution in [0.4, 0.5) is 0 Å². The number of aliphatic carboxylic acids is 1. The van der Waals surface area contributed by atoms with E-state index in [9.17, 15) is 9.90 Å². The molecule has 0 radical (unpaired) electrons. The van der Waals surface area contributed by atoms with Gasteiger partial charge in [0.05, 0.1) is 0 Å². The Balaban J connectivity index is 0.958. The summed E-state index contributed by atoms with van der Waals surface area (Å²) in [7, 11) is 0. The molecule has 0 aliphatic heterocycles. The second-order valence-corrected chi connectivity index (χ2v) is 19.8. The summed E-state index contributed by atoms with van der Waals surface area (Å²) in [6.07, 6.45) is 23.9. The van der Waals surface area contributed by atoms with Gasteiger partial charge in [0, 0.05) is 17.3 Å². The van der Waals surface area contributed by atoms with E-state index >= 15 is 0 Å². The van der Waals surface area contributed by atoms with Crippen LogP contribution in [0.15, 0.2) is 48.5 Å². The maximum atomic E-state index is 12.8. The number of carbonyl (C=O) groups is 1. The topological polar surface area (TPSA) is 37.3 Å². The second kappa shape index (κ2) is 9.32. The summed E-state index contributed by atoms with van der Waals surface area (Å²) >= 11 is 0. The quantitative estimate of drug-likeness (QED) is 0.352. The van der Waals surface area contributed by atoms with E-state index in [-0.39, 0.29) is 16.7 Å². The molecular weight excluding hydrogens is 560 g/mol. The molecule has 0 amide bonds. The third-order valence-electron chi connectivity index (χ3n) is 17.2. The van der Waals surface area contributed by atoms with Crippen LogP contribution in [0.5, 0.6) is 0 Å². The van der Waals surface area contributed by atoms with Crippen molar-refractivity contribution in [1.29, 1.82) is 0 Å². The van der Waals surface area contributed by atoms with Crippen molar-refractivity contribution in [3.63, 3.8) is 0 Å². The van der Waals surface area contributed by atoms with Crippen LogP contribution in [0.3, 0.4) is 0 Å². The Morgan fingerprint density at radius 2 is 0.739 bits per heavy atom. The SMILES string of the molecule is O=C(O)CC1C2(c3ccc(C45CC6CC(CC(C6)C4)C5)cc3)CC3CC(C2)CC1(c1ccc(C24CC5CC(CC(C5)C2)C4)cc1)C3. The summed E-state index contributed by atoms with van der Waals surface area (Å²) in [5.74, 6) is 6.81. The predicted octanol–water partition coefficient (Wildman–Crippen LogP) is 10.1. The molecule has 0 heterocycles. The van der Waals surface area contributed by atoms with Gasteiger partial charge in [0.1, 0.15) is 0 Å². The zero-order valence-electron chi connectivity index (χ0n) is 27.9. The average molecular weight is 615 g/mol. The van der Waals surface area contributed by atoms with Crippen LogP contribution >= 0.6 is 0 Å². The van der Waals surface area contributed by atoms with Crippen LogP contribution < -0.4 is 0 Å². The number of benzene rings is 2. The summed E-state index contributed by atoms with van der Waals surface area (Å²) < 4.78 is 0. The van der Waals surface area contributed by atoms with Crippen LogP contribution in [0.2, 0.25) is 0 Å². The highest BCUT2D eigenvalue weighted by atomic mass is 16.4. The minimum Gasteiger partial charge on any atom is -0.481 e. The highest BCUT2D eigenvalue weighted by molar-refractivity contribution is 5.68. The van der Waals surface area contributed by atoms with Gasteiger partial charge in [-0.1, -0.05) is 48.5 Å². The molecule has 46 heavy (non-hydrogen) atoms. The molecule has 2 aromatic rings. The van der Waals surface area contributed by atoms with Gasteiger partial charge in [-0.2, -0.15) is 0 Å². The Morgan fingerprint density at radius 1 is 0.457 bits per heavy atom. The van der Waals surface area contributed by atoms with E-state index < -0.39 is 5.97 Å². The monoisotopic (exact) mass is 614 g/mol. The number of hydrogen-bond donors (Lipinski definition) is 1. The molecule has 0 aromatic heterocycles. The Bertz CT molecular complexity index is 1370. The molecule has 1 N–H and O–H groups in total. The average Bonchev–Trinajstić information content (AvgIpc) is 3.01. The zero-order valence-corrected chi connectivity index (χ0v) is 27.9. The van der Waals surface area contributed by atoms with Crippen molar-refractivity contribution >= 4 is 5.97 Å². The van der Waals surface area contributed by atoms with Gasteiger partial charge in [0.25, 0.3) is 0 Å². The third kappa shape index (κ3) is 3.80. The van der Waals surface area contributed by atoms with Crippen LogP contribution in [-0.2, 0) is 26.5 Å². The zero-order chi connectivity index (χ0) is 30.5. The highest BCUT2D eigenvalue weighted by Crippen LogP contribution is 2.70. The Hall–Kier alpha value is -2.09. The molecular formula is C44H54O2. The molecule has 12 saturated carbocycles. The van der Waals surface area contributed by atoms with Gasteiger partial charge in [0.2, 0.25) is 0 Å². The minimum absolute atomic E-state index is 0.00106. The van der Waals surface area contributed by atoms with Crippen molar-refractivity contribution in [2.24, 2.45) is 53.3 Å². The molecule has 0 unspecified atom stereocenters. The second-order valence-electron chi connectivity index (χ2n) is 19.8. The first-order valence-electron chi connectivity index (χ1n) is 19.7. The summed E-state index contributed by atoms with van der Waals surface area (Å²) in [5.41, 5.74) is 7.05. The normalized spacial score (nSPS) is 50.4. The van der Waals surface area contributed by atoms with E-state index in [1.54, 1.807) is 11.1 Å². The smallest absolute Gasteiger partial charge is 0.303 e. The van der Waals surface area contributed by atoms with Gasteiger partial charge in [-0.15, -0.1) is 0 Å². The molecule has 2 heteroatoms. The molecule has 2 nitrogen and oxygen atoms in total. The first-order chi connectivity index (χ1) is 22.3. The lowest BCUT2D eigenvalue weighted by Crippen LogP contribution is -2.63. The summed E-state index contributed by atoms with van der Waals surface area (Å²) in [6.45, 7) is 0. The van der Waals surface area contributed by atoms with Gasteiger partial charge in [-0.05, 0) is 195 Å². The molecule has 14 rings (SSSR count). The van der Waals surface area contributed by atoms with Gasteiger partial charge in [-0.3, -0.25) is 4.79 Å².